The Morgan fingerprint density at radius 1 is 1.32 bits per heavy atom. The summed E-state index contributed by atoms with van der Waals surface area (Å²) in [6.07, 6.45) is 1.25. The van der Waals surface area contributed by atoms with Crippen LogP contribution >= 0.6 is 11.3 Å². The van der Waals surface area contributed by atoms with Crippen LogP contribution in [0.4, 0.5) is 0 Å². The standard InChI is InChI=1S/C19H18N2O3S/c1-24-19(23)12-4-5-16-14(9-12)15-11-21(7-6-17(15)20-16)18(22)10-13-3-2-8-25-13/h2-5,8-9,20H,6-7,10-11H2,1H3. The minimum Gasteiger partial charge on any atom is -0.465 e. The van der Waals surface area contributed by atoms with Crippen molar-refractivity contribution in [1.82, 2.24) is 9.88 Å². The summed E-state index contributed by atoms with van der Waals surface area (Å²) >= 11 is 1.61. The van der Waals surface area contributed by atoms with Crippen LogP contribution in [0.5, 0.6) is 0 Å². The highest BCUT2D eigenvalue weighted by atomic mass is 32.1. The number of esters is 1. The molecule has 3 heterocycles. The fraction of sp³-hybridized carbons (Fsp3) is 0.263. The van der Waals surface area contributed by atoms with Gasteiger partial charge in [-0.3, -0.25) is 4.79 Å². The maximum absolute atomic E-state index is 12.6. The molecule has 0 unspecified atom stereocenters. The molecule has 1 aromatic carbocycles. The van der Waals surface area contributed by atoms with Crippen molar-refractivity contribution in [2.24, 2.45) is 0 Å². The topological polar surface area (TPSA) is 62.4 Å². The molecule has 3 aromatic rings. The molecule has 1 amide bonds. The number of H-pyrrole nitrogens is 1. The zero-order chi connectivity index (χ0) is 17.4. The van der Waals surface area contributed by atoms with Crippen molar-refractivity contribution < 1.29 is 14.3 Å². The second-order valence-corrected chi connectivity index (χ2v) is 7.19. The summed E-state index contributed by atoms with van der Waals surface area (Å²) < 4.78 is 4.81. The highest BCUT2D eigenvalue weighted by Gasteiger charge is 2.24. The molecule has 0 atom stereocenters. The Balaban J connectivity index is 1.62. The second-order valence-electron chi connectivity index (χ2n) is 6.16. The first-order chi connectivity index (χ1) is 12.2. The lowest BCUT2D eigenvalue weighted by Gasteiger charge is -2.27. The van der Waals surface area contributed by atoms with Crippen LogP contribution in [0, 0.1) is 0 Å². The Kier molecular flexibility index (Phi) is 4.05. The molecular weight excluding hydrogens is 336 g/mol. The second kappa shape index (κ2) is 6.37. The number of ether oxygens (including phenoxy) is 1. The SMILES string of the molecule is COC(=O)c1ccc2[nH]c3c(c2c1)CN(C(=O)Cc1cccs1)CC3. The zero-order valence-electron chi connectivity index (χ0n) is 13.9. The number of aromatic amines is 1. The van der Waals surface area contributed by atoms with Gasteiger partial charge in [-0.05, 0) is 29.6 Å². The van der Waals surface area contributed by atoms with Crippen LogP contribution in [0.25, 0.3) is 10.9 Å². The molecule has 0 spiro atoms. The Hall–Kier alpha value is -2.60. The number of carbonyl (C=O) groups is 2. The number of carbonyl (C=O) groups excluding carboxylic acids is 2. The number of methoxy groups -OCH3 is 1. The van der Waals surface area contributed by atoms with E-state index >= 15 is 0 Å². The Labute approximate surface area is 149 Å². The van der Waals surface area contributed by atoms with E-state index in [1.165, 1.54) is 7.11 Å². The van der Waals surface area contributed by atoms with Gasteiger partial charge in [0.2, 0.25) is 5.91 Å². The predicted octanol–water partition coefficient (Wildman–Crippen LogP) is 3.14. The first-order valence-electron chi connectivity index (χ1n) is 8.17. The van der Waals surface area contributed by atoms with Crippen molar-refractivity contribution in [2.45, 2.75) is 19.4 Å². The number of benzene rings is 1. The van der Waals surface area contributed by atoms with E-state index < -0.39 is 0 Å². The van der Waals surface area contributed by atoms with Gasteiger partial charge in [-0.2, -0.15) is 0 Å². The molecule has 0 bridgehead atoms. The van der Waals surface area contributed by atoms with Crippen LogP contribution in [0.15, 0.2) is 35.7 Å². The van der Waals surface area contributed by atoms with Crippen molar-refractivity contribution >= 4 is 34.1 Å². The summed E-state index contributed by atoms with van der Waals surface area (Å²) in [5.41, 5.74) is 3.77. The summed E-state index contributed by atoms with van der Waals surface area (Å²) in [4.78, 5) is 30.8. The molecule has 0 aliphatic carbocycles. The van der Waals surface area contributed by atoms with Crippen molar-refractivity contribution in [2.75, 3.05) is 13.7 Å². The predicted molar refractivity (Wildman–Crippen MR) is 96.8 cm³/mol. The van der Waals surface area contributed by atoms with Gasteiger partial charge < -0.3 is 14.6 Å². The van der Waals surface area contributed by atoms with E-state index in [0.717, 1.165) is 33.5 Å². The summed E-state index contributed by atoms with van der Waals surface area (Å²) in [6.45, 7) is 1.29. The van der Waals surface area contributed by atoms with Gasteiger partial charge in [-0.1, -0.05) is 6.07 Å². The van der Waals surface area contributed by atoms with Crippen molar-refractivity contribution in [1.29, 1.82) is 0 Å². The number of hydrogen-bond acceptors (Lipinski definition) is 4. The lowest BCUT2D eigenvalue weighted by Crippen LogP contribution is -2.36. The molecule has 25 heavy (non-hydrogen) atoms. The van der Waals surface area contributed by atoms with E-state index in [4.69, 9.17) is 4.74 Å². The maximum Gasteiger partial charge on any atom is 0.337 e. The number of nitrogens with one attached hydrogen (secondary N) is 1. The number of nitrogens with zero attached hydrogens (tertiary/aromatic N) is 1. The van der Waals surface area contributed by atoms with E-state index in [0.29, 0.717) is 25.1 Å². The maximum atomic E-state index is 12.6. The quantitative estimate of drug-likeness (QED) is 0.735. The molecule has 1 aliphatic rings. The molecule has 0 saturated heterocycles. The van der Waals surface area contributed by atoms with E-state index in [-0.39, 0.29) is 11.9 Å². The fourth-order valence-corrected chi connectivity index (χ4v) is 4.04. The summed E-state index contributed by atoms with van der Waals surface area (Å²) in [6, 6.07) is 9.47. The number of amides is 1. The van der Waals surface area contributed by atoms with Crippen LogP contribution in [-0.2, 0) is 28.9 Å². The summed E-state index contributed by atoms with van der Waals surface area (Å²) in [7, 11) is 1.38. The van der Waals surface area contributed by atoms with Gasteiger partial charge in [0.05, 0.1) is 19.1 Å². The van der Waals surface area contributed by atoms with Gasteiger partial charge in [-0.15, -0.1) is 11.3 Å². The number of thiophene rings is 1. The molecule has 0 saturated carbocycles. The molecular formula is C19H18N2O3S. The van der Waals surface area contributed by atoms with E-state index in [9.17, 15) is 9.59 Å². The molecule has 1 aliphatic heterocycles. The lowest BCUT2D eigenvalue weighted by molar-refractivity contribution is -0.131. The van der Waals surface area contributed by atoms with Gasteiger partial charge in [0.15, 0.2) is 0 Å². The van der Waals surface area contributed by atoms with Crippen molar-refractivity contribution in [3.8, 4) is 0 Å². The Bertz CT molecular complexity index is 943. The molecule has 0 radical (unpaired) electrons. The van der Waals surface area contributed by atoms with Gasteiger partial charge in [0, 0.05) is 46.5 Å². The molecule has 128 valence electrons. The minimum absolute atomic E-state index is 0.145. The largest absolute Gasteiger partial charge is 0.465 e. The zero-order valence-corrected chi connectivity index (χ0v) is 14.7. The van der Waals surface area contributed by atoms with Gasteiger partial charge in [0.25, 0.3) is 0 Å². The van der Waals surface area contributed by atoms with Crippen LogP contribution < -0.4 is 0 Å². The highest BCUT2D eigenvalue weighted by molar-refractivity contribution is 7.10. The lowest BCUT2D eigenvalue weighted by atomic mass is 10.0. The van der Waals surface area contributed by atoms with E-state index in [2.05, 4.69) is 4.98 Å². The highest BCUT2D eigenvalue weighted by Crippen LogP contribution is 2.29. The number of fused-ring (bicyclic) bond motifs is 3. The van der Waals surface area contributed by atoms with Crippen LogP contribution in [0.1, 0.15) is 26.5 Å². The number of aromatic nitrogens is 1. The smallest absolute Gasteiger partial charge is 0.337 e. The third-order valence-electron chi connectivity index (χ3n) is 4.65. The van der Waals surface area contributed by atoms with Crippen LogP contribution in [0.3, 0.4) is 0 Å². The van der Waals surface area contributed by atoms with Crippen molar-refractivity contribution in [3.05, 3.63) is 57.4 Å². The third-order valence-corrected chi connectivity index (χ3v) is 5.53. The first kappa shape index (κ1) is 15.9. The average Bonchev–Trinajstić information content (AvgIpc) is 3.27. The van der Waals surface area contributed by atoms with Gasteiger partial charge in [-0.25, -0.2) is 4.79 Å². The molecule has 1 N–H and O–H groups in total. The van der Waals surface area contributed by atoms with Crippen LogP contribution in [-0.4, -0.2) is 35.4 Å². The third kappa shape index (κ3) is 2.93. The molecule has 6 heteroatoms. The number of hydrogen-bond donors (Lipinski definition) is 1. The average molecular weight is 354 g/mol. The van der Waals surface area contributed by atoms with E-state index in [1.807, 2.05) is 34.5 Å². The monoisotopic (exact) mass is 354 g/mol. The molecule has 0 fully saturated rings. The Morgan fingerprint density at radius 2 is 2.20 bits per heavy atom. The molecule has 4 rings (SSSR count). The fourth-order valence-electron chi connectivity index (χ4n) is 3.35. The summed E-state index contributed by atoms with van der Waals surface area (Å²) in [5.74, 6) is -0.204. The van der Waals surface area contributed by atoms with Crippen molar-refractivity contribution in [3.63, 3.8) is 0 Å². The normalized spacial score (nSPS) is 13.7. The van der Waals surface area contributed by atoms with Crippen LogP contribution in [0.2, 0.25) is 0 Å². The molecule has 2 aromatic heterocycles. The van der Waals surface area contributed by atoms with E-state index in [1.54, 1.807) is 17.4 Å². The van der Waals surface area contributed by atoms with Gasteiger partial charge >= 0.3 is 5.97 Å². The first-order valence-corrected chi connectivity index (χ1v) is 9.05. The number of rotatable bonds is 3. The Morgan fingerprint density at radius 3 is 2.96 bits per heavy atom. The molecule has 5 nitrogen and oxygen atoms in total. The minimum atomic E-state index is -0.349. The van der Waals surface area contributed by atoms with Gasteiger partial charge in [0.1, 0.15) is 0 Å². The summed E-state index contributed by atoms with van der Waals surface area (Å²) in [5, 5.41) is 2.98.